The van der Waals surface area contributed by atoms with Crippen LogP contribution < -0.4 is 4.90 Å². The third kappa shape index (κ3) is 3.89. The summed E-state index contributed by atoms with van der Waals surface area (Å²) in [4.78, 5) is 2.38. The molecule has 0 unspecified atom stereocenters. The van der Waals surface area contributed by atoms with E-state index in [1.165, 1.54) is 4.31 Å². The van der Waals surface area contributed by atoms with Gasteiger partial charge in [-0.05, 0) is 72.0 Å². The minimum absolute atomic E-state index is 0.333. The Kier molecular flexibility index (Phi) is 5.34. The lowest BCUT2D eigenvalue weighted by molar-refractivity contribution is 0.383. The van der Waals surface area contributed by atoms with Crippen LogP contribution in [0.1, 0.15) is 5.69 Å². The summed E-state index contributed by atoms with van der Waals surface area (Å²) in [5, 5.41) is 12.8. The van der Waals surface area contributed by atoms with Gasteiger partial charge in [0.15, 0.2) is 11.6 Å². The van der Waals surface area contributed by atoms with Crippen LogP contribution in [0.3, 0.4) is 0 Å². The summed E-state index contributed by atoms with van der Waals surface area (Å²) in [5.74, 6) is 1.38. The Hall–Kier alpha value is -2.05. The zero-order valence-corrected chi connectivity index (χ0v) is 18.2. The fourth-order valence-corrected chi connectivity index (χ4v) is 4.85. The van der Waals surface area contributed by atoms with E-state index >= 15 is 0 Å². The smallest absolute Gasteiger partial charge is 0.243 e. The van der Waals surface area contributed by atoms with Gasteiger partial charge < -0.3 is 4.90 Å². The molecule has 8 nitrogen and oxygen atoms in total. The van der Waals surface area contributed by atoms with Crippen LogP contribution in [0.2, 0.25) is 0 Å². The molecule has 146 valence electrons. The second kappa shape index (κ2) is 7.76. The van der Waals surface area contributed by atoms with Crippen LogP contribution in [0.25, 0.3) is 5.82 Å². The number of anilines is 1. The number of benzene rings is 1. The normalized spacial score (nSPS) is 15.7. The first kappa shape index (κ1) is 19.3. The van der Waals surface area contributed by atoms with Crippen LogP contribution in [-0.2, 0) is 10.0 Å². The van der Waals surface area contributed by atoms with E-state index in [0.717, 1.165) is 15.1 Å². The van der Waals surface area contributed by atoms with Crippen molar-refractivity contribution in [3.05, 3.63) is 57.9 Å². The molecule has 0 N–H and O–H groups in total. The summed E-state index contributed by atoms with van der Waals surface area (Å²) < 4.78 is 29.8. The van der Waals surface area contributed by atoms with Gasteiger partial charge >= 0.3 is 0 Å². The van der Waals surface area contributed by atoms with E-state index in [0.29, 0.717) is 36.9 Å². The molecule has 0 aliphatic carbocycles. The molecule has 28 heavy (non-hydrogen) atoms. The van der Waals surface area contributed by atoms with Gasteiger partial charge in [-0.1, -0.05) is 0 Å². The van der Waals surface area contributed by atoms with Gasteiger partial charge in [0.1, 0.15) is 0 Å². The first-order chi connectivity index (χ1) is 13.4. The monoisotopic (exact) mass is 510 g/mol. The maximum Gasteiger partial charge on any atom is 0.243 e. The molecule has 0 saturated carbocycles. The number of sulfonamides is 1. The van der Waals surface area contributed by atoms with Gasteiger partial charge in [0.05, 0.1) is 10.6 Å². The predicted molar refractivity (Wildman–Crippen MR) is 114 cm³/mol. The molecule has 3 heterocycles. The lowest BCUT2D eigenvalue weighted by atomic mass is 10.3. The average Bonchev–Trinajstić information content (AvgIpc) is 3.15. The topological polar surface area (TPSA) is 84.2 Å². The minimum Gasteiger partial charge on any atom is -0.352 e. The highest BCUT2D eigenvalue weighted by molar-refractivity contribution is 14.1. The summed E-state index contributed by atoms with van der Waals surface area (Å²) in [5.41, 5.74) is 0.913. The average molecular weight is 510 g/mol. The van der Waals surface area contributed by atoms with Crippen molar-refractivity contribution in [2.24, 2.45) is 0 Å². The van der Waals surface area contributed by atoms with Crippen LogP contribution >= 0.6 is 22.6 Å². The maximum atomic E-state index is 12.8. The van der Waals surface area contributed by atoms with Gasteiger partial charge in [0.25, 0.3) is 0 Å². The van der Waals surface area contributed by atoms with Crippen LogP contribution in [-0.4, -0.2) is 58.9 Å². The zero-order chi connectivity index (χ0) is 19.7. The second-order valence-electron chi connectivity index (χ2n) is 6.50. The van der Waals surface area contributed by atoms with E-state index in [9.17, 15) is 8.42 Å². The van der Waals surface area contributed by atoms with Crippen LogP contribution in [0, 0.1) is 10.5 Å². The van der Waals surface area contributed by atoms with Crippen molar-refractivity contribution in [1.29, 1.82) is 0 Å². The molecule has 0 bridgehead atoms. The summed E-state index contributed by atoms with van der Waals surface area (Å²) in [6.45, 7) is 3.88. The van der Waals surface area contributed by atoms with Gasteiger partial charge in [-0.3, -0.25) is 0 Å². The molecule has 0 radical (unpaired) electrons. The first-order valence-corrected chi connectivity index (χ1v) is 11.3. The Labute approximate surface area is 177 Å². The molecule has 4 rings (SSSR count). The van der Waals surface area contributed by atoms with Crippen molar-refractivity contribution in [3.63, 3.8) is 0 Å². The fraction of sp³-hybridized carbons (Fsp3) is 0.278. The van der Waals surface area contributed by atoms with Gasteiger partial charge in [0.2, 0.25) is 10.0 Å². The first-order valence-electron chi connectivity index (χ1n) is 8.80. The number of nitrogens with zero attached hydrogens (tertiary/aromatic N) is 6. The van der Waals surface area contributed by atoms with E-state index in [1.54, 1.807) is 16.8 Å². The number of hydrogen-bond donors (Lipinski definition) is 0. The third-order valence-corrected chi connectivity index (χ3v) is 7.24. The molecule has 1 aromatic carbocycles. The predicted octanol–water partition coefficient (Wildman–Crippen LogP) is 2.09. The molecule has 0 amide bonds. The Morgan fingerprint density at radius 3 is 2.11 bits per heavy atom. The summed E-state index contributed by atoms with van der Waals surface area (Å²) in [6.07, 6.45) is 1.84. The Balaban J connectivity index is 1.43. The molecule has 1 aliphatic rings. The van der Waals surface area contributed by atoms with Crippen LogP contribution in [0.15, 0.2) is 53.6 Å². The molecule has 10 heteroatoms. The SMILES string of the molecule is Cc1ccn(-c2ccc(N3CCN(S(=O)(=O)c4ccc(I)cc4)CC3)nn2)n1. The Morgan fingerprint density at radius 2 is 1.54 bits per heavy atom. The van der Waals surface area contributed by atoms with E-state index in [4.69, 9.17) is 0 Å². The molecule has 1 aliphatic heterocycles. The standard InChI is InChI=1S/C18H19IN6O2S/c1-14-8-9-25(22-14)18-7-6-17(20-21-18)23-10-12-24(13-11-23)28(26,27)16-4-2-15(19)3-5-16/h2-9H,10-13H2,1H3. The Morgan fingerprint density at radius 1 is 0.893 bits per heavy atom. The number of rotatable bonds is 4. The van der Waals surface area contributed by atoms with Crippen molar-refractivity contribution in [3.8, 4) is 5.82 Å². The summed E-state index contributed by atoms with van der Waals surface area (Å²) in [7, 11) is -3.47. The maximum absolute atomic E-state index is 12.8. The number of halogens is 1. The molecule has 3 aromatic rings. The minimum atomic E-state index is -3.47. The zero-order valence-electron chi connectivity index (χ0n) is 15.2. The van der Waals surface area contributed by atoms with Gasteiger partial charge in [-0.25, -0.2) is 13.1 Å². The number of aromatic nitrogens is 4. The molecule has 0 atom stereocenters. The molecule has 1 saturated heterocycles. The number of piperazine rings is 1. The third-order valence-electron chi connectivity index (χ3n) is 4.61. The van der Waals surface area contributed by atoms with E-state index < -0.39 is 10.0 Å². The van der Waals surface area contributed by atoms with Crippen molar-refractivity contribution < 1.29 is 8.42 Å². The highest BCUT2D eigenvalue weighted by Gasteiger charge is 2.29. The van der Waals surface area contributed by atoms with E-state index in [-0.39, 0.29) is 0 Å². The molecule has 2 aromatic heterocycles. The van der Waals surface area contributed by atoms with Crippen molar-refractivity contribution in [2.45, 2.75) is 11.8 Å². The van der Waals surface area contributed by atoms with Gasteiger partial charge in [-0.2, -0.15) is 9.40 Å². The van der Waals surface area contributed by atoms with E-state index in [2.05, 4.69) is 37.9 Å². The second-order valence-corrected chi connectivity index (χ2v) is 9.68. The van der Waals surface area contributed by atoms with Gasteiger partial charge in [0, 0.05) is 35.9 Å². The highest BCUT2D eigenvalue weighted by Crippen LogP contribution is 2.21. The summed E-state index contributed by atoms with van der Waals surface area (Å²) in [6, 6.07) is 12.6. The van der Waals surface area contributed by atoms with Crippen molar-refractivity contribution in [1.82, 2.24) is 24.3 Å². The van der Waals surface area contributed by atoms with Crippen molar-refractivity contribution >= 4 is 38.4 Å². The van der Waals surface area contributed by atoms with Gasteiger partial charge in [-0.15, -0.1) is 10.2 Å². The highest BCUT2D eigenvalue weighted by atomic mass is 127. The van der Waals surface area contributed by atoms with Crippen LogP contribution in [0.4, 0.5) is 5.82 Å². The Bertz CT molecular complexity index is 1060. The molecular weight excluding hydrogens is 491 g/mol. The summed E-state index contributed by atoms with van der Waals surface area (Å²) >= 11 is 2.16. The molecule has 0 spiro atoms. The molecular formula is C18H19IN6O2S. The lowest BCUT2D eigenvalue weighted by Crippen LogP contribution is -2.49. The largest absolute Gasteiger partial charge is 0.352 e. The quantitative estimate of drug-likeness (QED) is 0.500. The fourth-order valence-electron chi connectivity index (χ4n) is 3.06. The van der Waals surface area contributed by atoms with Crippen LogP contribution in [0.5, 0.6) is 0 Å². The van der Waals surface area contributed by atoms with E-state index in [1.807, 2.05) is 48.4 Å². The molecule has 1 fully saturated rings. The van der Waals surface area contributed by atoms with Crippen molar-refractivity contribution in [2.75, 3.05) is 31.1 Å². The number of hydrogen-bond acceptors (Lipinski definition) is 6. The lowest BCUT2D eigenvalue weighted by Gasteiger charge is -2.34. The number of aryl methyl sites for hydroxylation is 1.